The van der Waals surface area contributed by atoms with Crippen LogP contribution < -0.4 is 0 Å². The minimum atomic E-state index is -1.72. The standard InChI is InChI=1S/C17H25ClN2O4S/c1-15(2,3)23-13(21)17(10-25-7,14(22)24-16(4,5)6)11-8-9-12(18)20-19-11/h8-9H,10H2,1-7H3. The van der Waals surface area contributed by atoms with Crippen LogP contribution in [-0.4, -0.2) is 45.3 Å². The summed E-state index contributed by atoms with van der Waals surface area (Å²) in [7, 11) is 0. The Morgan fingerprint density at radius 2 is 1.48 bits per heavy atom. The Hall–Kier alpha value is -1.34. The molecule has 1 aromatic heterocycles. The zero-order chi connectivity index (χ0) is 19.5. The van der Waals surface area contributed by atoms with Gasteiger partial charge in [0.15, 0.2) is 5.15 Å². The normalized spacial score (nSPS) is 12.6. The molecule has 0 atom stereocenters. The van der Waals surface area contributed by atoms with Gasteiger partial charge in [-0.25, -0.2) is 0 Å². The molecule has 0 aromatic carbocycles. The molecule has 0 saturated heterocycles. The third-order valence-electron chi connectivity index (χ3n) is 2.92. The van der Waals surface area contributed by atoms with E-state index < -0.39 is 28.6 Å². The molecular formula is C17H25ClN2O4S. The Morgan fingerprint density at radius 3 is 1.80 bits per heavy atom. The third kappa shape index (κ3) is 5.85. The minimum absolute atomic E-state index is 0.104. The van der Waals surface area contributed by atoms with Crippen LogP contribution in [0.3, 0.4) is 0 Å². The molecule has 1 heterocycles. The lowest BCUT2D eigenvalue weighted by Gasteiger charge is -2.33. The first-order chi connectivity index (χ1) is 11.3. The van der Waals surface area contributed by atoms with E-state index in [4.69, 9.17) is 21.1 Å². The number of hydrogen-bond acceptors (Lipinski definition) is 7. The van der Waals surface area contributed by atoms with E-state index in [0.717, 1.165) is 0 Å². The summed E-state index contributed by atoms with van der Waals surface area (Å²) in [5.74, 6) is -1.34. The van der Waals surface area contributed by atoms with Crippen LogP contribution in [0.5, 0.6) is 0 Å². The van der Waals surface area contributed by atoms with Crippen molar-refractivity contribution in [1.82, 2.24) is 10.2 Å². The molecule has 0 amide bonds. The highest BCUT2D eigenvalue weighted by Gasteiger charge is 2.54. The fourth-order valence-corrected chi connectivity index (χ4v) is 2.89. The Bertz CT molecular complexity index is 593. The molecule has 0 aliphatic rings. The van der Waals surface area contributed by atoms with E-state index in [0.29, 0.717) is 0 Å². The zero-order valence-corrected chi connectivity index (χ0v) is 17.2. The molecule has 8 heteroatoms. The first kappa shape index (κ1) is 21.7. The summed E-state index contributed by atoms with van der Waals surface area (Å²) >= 11 is 7.11. The van der Waals surface area contributed by atoms with Crippen LogP contribution in [0, 0.1) is 0 Å². The Labute approximate surface area is 158 Å². The van der Waals surface area contributed by atoms with Crippen LogP contribution in [0.1, 0.15) is 47.2 Å². The second-order valence-electron chi connectivity index (χ2n) is 7.58. The number of halogens is 1. The van der Waals surface area contributed by atoms with Crippen molar-refractivity contribution in [2.24, 2.45) is 0 Å². The van der Waals surface area contributed by atoms with E-state index in [9.17, 15) is 9.59 Å². The smallest absolute Gasteiger partial charge is 0.331 e. The van der Waals surface area contributed by atoms with Crippen LogP contribution >= 0.6 is 23.4 Å². The van der Waals surface area contributed by atoms with Crippen molar-refractivity contribution in [3.63, 3.8) is 0 Å². The number of carbonyl (C=O) groups excluding carboxylic acids is 2. The monoisotopic (exact) mass is 388 g/mol. The van der Waals surface area contributed by atoms with E-state index in [2.05, 4.69) is 10.2 Å². The number of esters is 2. The van der Waals surface area contributed by atoms with Crippen molar-refractivity contribution in [2.45, 2.75) is 58.2 Å². The summed E-state index contributed by atoms with van der Waals surface area (Å²) in [6.07, 6.45) is 1.78. The lowest BCUT2D eigenvalue weighted by molar-refractivity contribution is -0.176. The highest BCUT2D eigenvalue weighted by molar-refractivity contribution is 7.98. The minimum Gasteiger partial charge on any atom is -0.459 e. The highest BCUT2D eigenvalue weighted by atomic mass is 35.5. The zero-order valence-electron chi connectivity index (χ0n) is 15.7. The average Bonchev–Trinajstić information content (AvgIpc) is 2.41. The number of rotatable bonds is 5. The van der Waals surface area contributed by atoms with Crippen LogP contribution in [0.25, 0.3) is 0 Å². The third-order valence-corrected chi connectivity index (χ3v) is 3.85. The Kier molecular flexibility index (Phi) is 6.87. The molecule has 0 aliphatic heterocycles. The molecule has 0 saturated carbocycles. The van der Waals surface area contributed by atoms with Crippen molar-refractivity contribution in [3.05, 3.63) is 23.0 Å². The van der Waals surface area contributed by atoms with Gasteiger partial charge >= 0.3 is 11.9 Å². The fourth-order valence-electron chi connectivity index (χ4n) is 1.97. The largest absolute Gasteiger partial charge is 0.459 e. The second-order valence-corrected chi connectivity index (χ2v) is 8.84. The number of hydrogen-bond donors (Lipinski definition) is 0. The van der Waals surface area contributed by atoms with Gasteiger partial charge in [0.05, 0.1) is 5.69 Å². The van der Waals surface area contributed by atoms with Crippen molar-refractivity contribution in [3.8, 4) is 0 Å². The predicted molar refractivity (Wildman–Crippen MR) is 98.8 cm³/mol. The van der Waals surface area contributed by atoms with Crippen LogP contribution in [-0.2, 0) is 24.5 Å². The molecule has 6 nitrogen and oxygen atoms in total. The van der Waals surface area contributed by atoms with Crippen molar-refractivity contribution >= 4 is 35.3 Å². The number of aromatic nitrogens is 2. The molecule has 0 bridgehead atoms. The van der Waals surface area contributed by atoms with Crippen molar-refractivity contribution in [2.75, 3.05) is 12.0 Å². The van der Waals surface area contributed by atoms with Gasteiger partial charge in [0, 0.05) is 5.75 Å². The first-order valence-corrected chi connectivity index (χ1v) is 9.54. The molecule has 1 rings (SSSR count). The molecule has 0 aliphatic carbocycles. The van der Waals surface area contributed by atoms with E-state index in [1.165, 1.54) is 23.9 Å². The van der Waals surface area contributed by atoms with Crippen LogP contribution in [0.2, 0.25) is 5.15 Å². The molecule has 0 N–H and O–H groups in total. The summed E-state index contributed by atoms with van der Waals surface area (Å²) in [6.45, 7) is 10.4. The fraction of sp³-hybridized carbons (Fsp3) is 0.647. The van der Waals surface area contributed by atoms with Gasteiger partial charge in [-0.3, -0.25) is 9.59 Å². The molecule has 1 aromatic rings. The predicted octanol–water partition coefficient (Wildman–Crippen LogP) is 3.41. The van der Waals surface area contributed by atoms with Crippen LogP contribution in [0.15, 0.2) is 12.1 Å². The summed E-state index contributed by atoms with van der Waals surface area (Å²) in [5.41, 5.74) is -3.13. The molecule has 0 unspecified atom stereocenters. The topological polar surface area (TPSA) is 78.4 Å². The lowest BCUT2D eigenvalue weighted by Crippen LogP contribution is -2.52. The van der Waals surface area contributed by atoms with Gasteiger partial charge in [-0.2, -0.15) is 16.9 Å². The quantitative estimate of drug-likeness (QED) is 0.564. The SMILES string of the molecule is CSCC(C(=O)OC(C)(C)C)(C(=O)OC(C)(C)C)c1ccc(Cl)nn1. The average molecular weight is 389 g/mol. The Morgan fingerprint density at radius 1 is 1.00 bits per heavy atom. The maximum absolute atomic E-state index is 13.0. The maximum Gasteiger partial charge on any atom is 0.331 e. The summed E-state index contributed by atoms with van der Waals surface area (Å²) in [5, 5.41) is 7.91. The number of carbonyl (C=O) groups is 2. The maximum atomic E-state index is 13.0. The molecular weight excluding hydrogens is 364 g/mol. The Balaban J connectivity index is 3.51. The van der Waals surface area contributed by atoms with E-state index in [1.54, 1.807) is 47.8 Å². The summed E-state index contributed by atoms with van der Waals surface area (Å²) in [6, 6.07) is 2.98. The van der Waals surface area contributed by atoms with Crippen molar-refractivity contribution < 1.29 is 19.1 Å². The van der Waals surface area contributed by atoms with Crippen molar-refractivity contribution in [1.29, 1.82) is 0 Å². The second kappa shape index (κ2) is 7.91. The number of ether oxygens (including phenoxy) is 2. The lowest BCUT2D eigenvalue weighted by atomic mass is 9.85. The van der Waals surface area contributed by atoms with E-state index in [1.807, 2.05) is 0 Å². The highest BCUT2D eigenvalue weighted by Crippen LogP contribution is 2.33. The van der Waals surface area contributed by atoms with Gasteiger partial charge in [-0.1, -0.05) is 11.6 Å². The van der Waals surface area contributed by atoms with E-state index in [-0.39, 0.29) is 16.6 Å². The molecule has 25 heavy (non-hydrogen) atoms. The first-order valence-electron chi connectivity index (χ1n) is 7.77. The molecule has 0 radical (unpaired) electrons. The van der Waals surface area contributed by atoms with Gasteiger partial charge in [-0.05, 0) is 59.9 Å². The van der Waals surface area contributed by atoms with Crippen LogP contribution in [0.4, 0.5) is 0 Å². The number of thioether (sulfide) groups is 1. The summed E-state index contributed by atoms with van der Waals surface area (Å²) < 4.78 is 11.0. The van der Waals surface area contributed by atoms with Gasteiger partial charge in [-0.15, -0.1) is 5.10 Å². The molecule has 0 fully saturated rings. The van der Waals surface area contributed by atoms with Gasteiger partial charge in [0.1, 0.15) is 11.2 Å². The van der Waals surface area contributed by atoms with Gasteiger partial charge < -0.3 is 9.47 Å². The van der Waals surface area contributed by atoms with E-state index >= 15 is 0 Å². The molecule has 140 valence electrons. The number of nitrogens with zero attached hydrogens (tertiary/aromatic N) is 2. The van der Waals surface area contributed by atoms with Gasteiger partial charge in [0.2, 0.25) is 5.41 Å². The molecule has 0 spiro atoms. The summed E-state index contributed by atoms with van der Waals surface area (Å²) in [4.78, 5) is 26.1. The van der Waals surface area contributed by atoms with Gasteiger partial charge in [0.25, 0.3) is 0 Å².